The van der Waals surface area contributed by atoms with Crippen molar-refractivity contribution >= 4 is 5.91 Å². The predicted octanol–water partition coefficient (Wildman–Crippen LogP) is 3.47. The van der Waals surface area contributed by atoms with Crippen LogP contribution in [0.5, 0.6) is 0 Å². The SMILES string of the molecule is Cc1ccccc1-n1c(C)cc(C(=O)N2CC[C@@H]3CNC[C@@H]3CC2)c1C. The fraction of sp³-hybridized carbons (Fsp3) is 0.500. The molecule has 2 fully saturated rings. The second kappa shape index (κ2) is 6.92. The van der Waals surface area contributed by atoms with Gasteiger partial charge in [0.15, 0.2) is 0 Å². The minimum atomic E-state index is 0.200. The van der Waals surface area contributed by atoms with Crippen LogP contribution in [0.15, 0.2) is 30.3 Å². The van der Waals surface area contributed by atoms with Crippen LogP contribution in [0.2, 0.25) is 0 Å². The van der Waals surface area contributed by atoms with E-state index in [0.717, 1.165) is 73.5 Å². The summed E-state index contributed by atoms with van der Waals surface area (Å²) in [5, 5.41) is 3.50. The number of nitrogens with zero attached hydrogens (tertiary/aromatic N) is 2. The molecule has 4 nitrogen and oxygen atoms in total. The quantitative estimate of drug-likeness (QED) is 0.899. The summed E-state index contributed by atoms with van der Waals surface area (Å²) in [5.74, 6) is 1.69. The zero-order chi connectivity index (χ0) is 18.3. The maximum absolute atomic E-state index is 13.3. The Morgan fingerprint density at radius 2 is 1.69 bits per heavy atom. The summed E-state index contributed by atoms with van der Waals surface area (Å²) in [6.07, 6.45) is 2.25. The van der Waals surface area contributed by atoms with E-state index in [9.17, 15) is 4.79 Å². The zero-order valence-electron chi connectivity index (χ0n) is 16.1. The first-order valence-corrected chi connectivity index (χ1v) is 9.81. The molecular weight excluding hydrogens is 322 g/mol. The number of hydrogen-bond acceptors (Lipinski definition) is 2. The fourth-order valence-corrected chi connectivity index (χ4v) is 4.76. The molecule has 1 aromatic heterocycles. The number of rotatable bonds is 2. The van der Waals surface area contributed by atoms with Gasteiger partial charge in [0.25, 0.3) is 5.91 Å². The van der Waals surface area contributed by atoms with E-state index in [1.807, 2.05) is 0 Å². The number of aryl methyl sites for hydroxylation is 2. The summed E-state index contributed by atoms with van der Waals surface area (Å²) in [6, 6.07) is 10.4. The largest absolute Gasteiger partial charge is 0.339 e. The molecule has 2 saturated heterocycles. The molecule has 4 heteroatoms. The molecule has 2 atom stereocenters. The van der Waals surface area contributed by atoms with E-state index in [2.05, 4.69) is 65.9 Å². The van der Waals surface area contributed by atoms with Crippen molar-refractivity contribution in [1.29, 1.82) is 0 Å². The van der Waals surface area contributed by atoms with Gasteiger partial charge in [0.05, 0.1) is 5.56 Å². The van der Waals surface area contributed by atoms with Crippen molar-refractivity contribution in [1.82, 2.24) is 14.8 Å². The number of para-hydroxylation sites is 1. The smallest absolute Gasteiger partial charge is 0.255 e. The van der Waals surface area contributed by atoms with E-state index in [0.29, 0.717) is 0 Å². The molecule has 3 heterocycles. The summed E-state index contributed by atoms with van der Waals surface area (Å²) in [6.45, 7) is 10.3. The number of carbonyl (C=O) groups is 1. The van der Waals surface area contributed by atoms with Crippen molar-refractivity contribution < 1.29 is 4.79 Å². The Morgan fingerprint density at radius 1 is 1.04 bits per heavy atom. The number of fused-ring (bicyclic) bond motifs is 1. The van der Waals surface area contributed by atoms with E-state index in [1.165, 1.54) is 5.56 Å². The molecule has 0 saturated carbocycles. The monoisotopic (exact) mass is 351 g/mol. The Kier molecular flexibility index (Phi) is 4.62. The lowest BCUT2D eigenvalue weighted by atomic mass is 9.92. The van der Waals surface area contributed by atoms with E-state index in [1.54, 1.807) is 0 Å². The highest BCUT2D eigenvalue weighted by molar-refractivity contribution is 5.96. The lowest BCUT2D eigenvalue weighted by Crippen LogP contribution is -2.33. The third kappa shape index (κ3) is 2.96. The average molecular weight is 351 g/mol. The lowest BCUT2D eigenvalue weighted by Gasteiger charge is -2.21. The molecule has 0 unspecified atom stereocenters. The number of benzene rings is 1. The Balaban J connectivity index is 1.61. The van der Waals surface area contributed by atoms with Crippen LogP contribution in [0.1, 0.15) is 40.2 Å². The number of carbonyl (C=O) groups excluding carboxylic acids is 1. The number of aromatic nitrogens is 1. The highest BCUT2D eigenvalue weighted by Crippen LogP contribution is 2.29. The van der Waals surface area contributed by atoms with Gasteiger partial charge in [-0.2, -0.15) is 0 Å². The first-order valence-electron chi connectivity index (χ1n) is 9.81. The van der Waals surface area contributed by atoms with Crippen molar-refractivity contribution in [2.75, 3.05) is 26.2 Å². The van der Waals surface area contributed by atoms with Gasteiger partial charge in [0.2, 0.25) is 0 Å². The summed E-state index contributed by atoms with van der Waals surface area (Å²) in [5.41, 5.74) is 5.42. The lowest BCUT2D eigenvalue weighted by molar-refractivity contribution is 0.0758. The normalized spacial score (nSPS) is 23.0. The molecule has 2 aliphatic rings. The Bertz CT molecular complexity index is 809. The number of amides is 1. The van der Waals surface area contributed by atoms with Gasteiger partial charge in [-0.15, -0.1) is 0 Å². The van der Waals surface area contributed by atoms with Crippen LogP contribution in [0, 0.1) is 32.6 Å². The number of nitrogens with one attached hydrogen (secondary N) is 1. The molecular formula is C22H29N3O. The van der Waals surface area contributed by atoms with Crippen LogP contribution in [0.3, 0.4) is 0 Å². The van der Waals surface area contributed by atoms with Crippen LogP contribution in [0.25, 0.3) is 5.69 Å². The standard InChI is InChI=1S/C22H29N3O/c1-15-6-4-5-7-21(15)25-16(2)12-20(17(25)3)22(26)24-10-8-18-13-23-14-19(18)9-11-24/h4-7,12,18-19,23H,8-11,13-14H2,1-3H3/t18-,19+. The highest BCUT2D eigenvalue weighted by atomic mass is 16.2. The summed E-state index contributed by atoms with van der Waals surface area (Å²) < 4.78 is 2.22. The van der Waals surface area contributed by atoms with Crippen molar-refractivity contribution in [3.05, 3.63) is 52.8 Å². The second-order valence-electron chi connectivity index (χ2n) is 7.95. The topological polar surface area (TPSA) is 37.3 Å². The Labute approximate surface area is 156 Å². The maximum atomic E-state index is 13.3. The van der Waals surface area contributed by atoms with Crippen molar-refractivity contribution in [3.8, 4) is 5.69 Å². The minimum Gasteiger partial charge on any atom is -0.339 e. The predicted molar refractivity (Wildman–Crippen MR) is 105 cm³/mol. The first-order chi connectivity index (χ1) is 12.6. The number of likely N-dealkylation sites (tertiary alicyclic amines) is 1. The highest BCUT2D eigenvalue weighted by Gasteiger charge is 2.32. The van der Waals surface area contributed by atoms with Gasteiger partial charge in [0, 0.05) is 30.2 Å². The third-order valence-corrected chi connectivity index (χ3v) is 6.32. The molecule has 4 rings (SSSR count). The van der Waals surface area contributed by atoms with E-state index >= 15 is 0 Å². The van der Waals surface area contributed by atoms with Crippen LogP contribution in [0.4, 0.5) is 0 Å². The molecule has 1 aromatic carbocycles. The van der Waals surface area contributed by atoms with Gasteiger partial charge < -0.3 is 14.8 Å². The van der Waals surface area contributed by atoms with Crippen molar-refractivity contribution in [2.45, 2.75) is 33.6 Å². The summed E-state index contributed by atoms with van der Waals surface area (Å²) in [7, 11) is 0. The van der Waals surface area contributed by atoms with Gasteiger partial charge in [0.1, 0.15) is 0 Å². The molecule has 0 spiro atoms. The fourth-order valence-electron chi connectivity index (χ4n) is 4.76. The Morgan fingerprint density at radius 3 is 2.35 bits per heavy atom. The van der Waals surface area contributed by atoms with Crippen molar-refractivity contribution in [2.24, 2.45) is 11.8 Å². The van der Waals surface area contributed by atoms with Crippen LogP contribution in [-0.2, 0) is 0 Å². The summed E-state index contributed by atoms with van der Waals surface area (Å²) >= 11 is 0. The molecule has 138 valence electrons. The molecule has 0 radical (unpaired) electrons. The van der Waals surface area contributed by atoms with E-state index in [4.69, 9.17) is 0 Å². The molecule has 1 amide bonds. The second-order valence-corrected chi connectivity index (χ2v) is 7.95. The molecule has 0 bridgehead atoms. The maximum Gasteiger partial charge on any atom is 0.255 e. The van der Waals surface area contributed by atoms with E-state index < -0.39 is 0 Å². The Hall–Kier alpha value is -2.07. The average Bonchev–Trinajstić information content (AvgIpc) is 3.13. The molecule has 2 aliphatic heterocycles. The van der Waals surface area contributed by atoms with Gasteiger partial charge in [-0.3, -0.25) is 4.79 Å². The molecule has 1 N–H and O–H groups in total. The third-order valence-electron chi connectivity index (χ3n) is 6.32. The first kappa shape index (κ1) is 17.3. The van der Waals surface area contributed by atoms with Gasteiger partial charge in [-0.25, -0.2) is 0 Å². The molecule has 26 heavy (non-hydrogen) atoms. The van der Waals surface area contributed by atoms with Crippen LogP contribution < -0.4 is 5.32 Å². The zero-order valence-corrected chi connectivity index (χ0v) is 16.1. The number of hydrogen-bond donors (Lipinski definition) is 1. The minimum absolute atomic E-state index is 0.200. The van der Waals surface area contributed by atoms with E-state index in [-0.39, 0.29) is 5.91 Å². The van der Waals surface area contributed by atoms with Crippen LogP contribution >= 0.6 is 0 Å². The van der Waals surface area contributed by atoms with Gasteiger partial charge >= 0.3 is 0 Å². The molecule has 0 aliphatic carbocycles. The van der Waals surface area contributed by atoms with Gasteiger partial charge in [-0.1, -0.05) is 18.2 Å². The van der Waals surface area contributed by atoms with Crippen molar-refractivity contribution in [3.63, 3.8) is 0 Å². The summed E-state index contributed by atoms with van der Waals surface area (Å²) in [4.78, 5) is 15.4. The molecule has 2 aromatic rings. The van der Waals surface area contributed by atoms with Gasteiger partial charge in [-0.05, 0) is 76.2 Å². The van der Waals surface area contributed by atoms with Crippen LogP contribution in [-0.4, -0.2) is 41.6 Å².